The van der Waals surface area contributed by atoms with Crippen LogP contribution in [-0.4, -0.2) is 4.92 Å². The van der Waals surface area contributed by atoms with Crippen LogP contribution in [0.2, 0.25) is 0 Å². The Balaban J connectivity index is 2.14. The van der Waals surface area contributed by atoms with Gasteiger partial charge < -0.3 is 5.32 Å². The normalized spacial score (nSPS) is 9.95. The Hall–Kier alpha value is -2.87. The van der Waals surface area contributed by atoms with E-state index >= 15 is 0 Å². The number of nitro benzene ring substituents is 1. The molecule has 0 aliphatic heterocycles. The average Bonchev–Trinajstić information content (AvgIpc) is 2.48. The summed E-state index contributed by atoms with van der Waals surface area (Å²) in [7, 11) is 0. The van der Waals surface area contributed by atoms with Crippen LogP contribution >= 0.6 is 0 Å². The number of rotatable bonds is 4. The first-order valence-corrected chi connectivity index (χ1v) is 6.50. The van der Waals surface area contributed by atoms with Gasteiger partial charge in [-0.25, -0.2) is 0 Å². The zero-order valence-corrected chi connectivity index (χ0v) is 11.9. The third-order valence-corrected chi connectivity index (χ3v) is 3.31. The molecule has 0 aliphatic carbocycles. The molecule has 0 fully saturated rings. The molecule has 0 aliphatic rings. The van der Waals surface area contributed by atoms with Crippen molar-refractivity contribution in [3.05, 3.63) is 68.8 Å². The molecule has 0 bridgehead atoms. The van der Waals surface area contributed by atoms with Crippen molar-refractivity contribution < 1.29 is 4.92 Å². The van der Waals surface area contributed by atoms with Crippen LogP contribution in [0.15, 0.2) is 36.4 Å². The molecule has 1 N–H and O–H groups in total. The molecule has 0 atom stereocenters. The lowest BCUT2D eigenvalue weighted by Gasteiger charge is -2.11. The fourth-order valence-electron chi connectivity index (χ4n) is 2.08. The van der Waals surface area contributed by atoms with Gasteiger partial charge in [-0.3, -0.25) is 10.1 Å². The van der Waals surface area contributed by atoms with E-state index in [2.05, 4.69) is 11.4 Å². The number of nitrogens with zero attached hydrogens (tertiary/aromatic N) is 2. The highest BCUT2D eigenvalue weighted by Gasteiger charge is 2.13. The van der Waals surface area contributed by atoms with Gasteiger partial charge in [0, 0.05) is 23.9 Å². The molecule has 21 heavy (non-hydrogen) atoms. The molecule has 5 heteroatoms. The highest BCUT2D eigenvalue weighted by atomic mass is 16.6. The Morgan fingerprint density at radius 3 is 2.43 bits per heavy atom. The van der Waals surface area contributed by atoms with Crippen LogP contribution < -0.4 is 5.32 Å². The maximum atomic E-state index is 10.9. The van der Waals surface area contributed by atoms with Crippen molar-refractivity contribution in [2.45, 2.75) is 20.4 Å². The number of hydrogen-bond donors (Lipinski definition) is 1. The van der Waals surface area contributed by atoms with Crippen LogP contribution in [0.3, 0.4) is 0 Å². The molecule has 2 aromatic carbocycles. The van der Waals surface area contributed by atoms with E-state index in [1.807, 2.05) is 19.1 Å². The Morgan fingerprint density at radius 2 is 1.86 bits per heavy atom. The Labute approximate surface area is 123 Å². The standard InChI is InChI=1S/C16H15N3O2/c1-11-8-16(19(20)21)12(2)7-15(11)18-10-14-5-3-13(9-17)4-6-14/h3-8,18H,10H2,1-2H3. The van der Waals surface area contributed by atoms with E-state index in [1.54, 1.807) is 31.2 Å². The van der Waals surface area contributed by atoms with Crippen LogP contribution in [0.1, 0.15) is 22.3 Å². The molecule has 0 saturated heterocycles. The smallest absolute Gasteiger partial charge is 0.272 e. The summed E-state index contributed by atoms with van der Waals surface area (Å²) in [5, 5.41) is 22.9. The lowest BCUT2D eigenvalue weighted by atomic mass is 10.1. The van der Waals surface area contributed by atoms with Gasteiger partial charge in [0.2, 0.25) is 0 Å². The summed E-state index contributed by atoms with van der Waals surface area (Å²) in [4.78, 5) is 10.5. The van der Waals surface area contributed by atoms with Crippen LogP contribution in [0, 0.1) is 35.3 Å². The topological polar surface area (TPSA) is 79.0 Å². The van der Waals surface area contributed by atoms with Gasteiger partial charge in [-0.1, -0.05) is 12.1 Å². The van der Waals surface area contributed by atoms with Crippen LogP contribution in [-0.2, 0) is 6.54 Å². The Morgan fingerprint density at radius 1 is 1.19 bits per heavy atom. The Bertz CT molecular complexity index is 716. The molecular weight excluding hydrogens is 266 g/mol. The molecule has 106 valence electrons. The predicted molar refractivity (Wildman–Crippen MR) is 81.1 cm³/mol. The van der Waals surface area contributed by atoms with E-state index in [4.69, 9.17) is 5.26 Å². The minimum absolute atomic E-state index is 0.136. The van der Waals surface area contributed by atoms with Crippen LogP contribution in [0.4, 0.5) is 11.4 Å². The van der Waals surface area contributed by atoms with E-state index < -0.39 is 0 Å². The second-order valence-electron chi connectivity index (χ2n) is 4.87. The molecule has 0 amide bonds. The van der Waals surface area contributed by atoms with E-state index in [0.717, 1.165) is 16.8 Å². The molecule has 0 unspecified atom stereocenters. The van der Waals surface area contributed by atoms with Gasteiger partial charge in [-0.05, 0) is 43.2 Å². The first kappa shape index (κ1) is 14.5. The van der Waals surface area contributed by atoms with E-state index in [1.165, 1.54) is 0 Å². The van der Waals surface area contributed by atoms with Gasteiger partial charge in [0.25, 0.3) is 5.69 Å². The molecule has 0 radical (unpaired) electrons. The average molecular weight is 281 g/mol. The third kappa shape index (κ3) is 3.37. The summed E-state index contributed by atoms with van der Waals surface area (Å²) in [5.41, 5.74) is 4.15. The largest absolute Gasteiger partial charge is 0.381 e. The minimum atomic E-state index is -0.368. The fourth-order valence-corrected chi connectivity index (χ4v) is 2.08. The van der Waals surface area contributed by atoms with Crippen molar-refractivity contribution in [2.75, 3.05) is 5.32 Å². The van der Waals surface area contributed by atoms with Crippen LogP contribution in [0.5, 0.6) is 0 Å². The SMILES string of the molecule is Cc1cc([N+](=O)[O-])c(C)cc1NCc1ccc(C#N)cc1. The molecule has 0 spiro atoms. The fraction of sp³-hybridized carbons (Fsp3) is 0.188. The number of anilines is 1. The van der Waals surface area contributed by atoms with Gasteiger partial charge in [-0.2, -0.15) is 5.26 Å². The van der Waals surface area contributed by atoms with Gasteiger partial charge in [0.1, 0.15) is 0 Å². The Kier molecular flexibility index (Phi) is 4.19. The number of nitriles is 1. The van der Waals surface area contributed by atoms with Gasteiger partial charge in [0.05, 0.1) is 16.6 Å². The zero-order valence-electron chi connectivity index (χ0n) is 11.9. The van der Waals surface area contributed by atoms with Crippen molar-refractivity contribution in [1.29, 1.82) is 5.26 Å². The molecule has 2 rings (SSSR count). The van der Waals surface area contributed by atoms with Crippen molar-refractivity contribution in [3.63, 3.8) is 0 Å². The minimum Gasteiger partial charge on any atom is -0.381 e. The van der Waals surface area contributed by atoms with E-state index in [9.17, 15) is 10.1 Å². The summed E-state index contributed by atoms with van der Waals surface area (Å²) in [6, 6.07) is 12.8. The third-order valence-electron chi connectivity index (χ3n) is 3.31. The zero-order chi connectivity index (χ0) is 15.4. The summed E-state index contributed by atoms with van der Waals surface area (Å²) in [6.45, 7) is 4.17. The highest BCUT2D eigenvalue weighted by Crippen LogP contribution is 2.26. The maximum absolute atomic E-state index is 10.9. The second-order valence-corrected chi connectivity index (χ2v) is 4.87. The molecule has 0 aromatic heterocycles. The molecule has 0 heterocycles. The molecule has 2 aromatic rings. The van der Waals surface area contributed by atoms with Crippen molar-refractivity contribution in [3.8, 4) is 6.07 Å². The first-order valence-electron chi connectivity index (χ1n) is 6.50. The summed E-state index contributed by atoms with van der Waals surface area (Å²) < 4.78 is 0. The highest BCUT2D eigenvalue weighted by molar-refractivity contribution is 5.59. The second kappa shape index (κ2) is 6.06. The first-order chi connectivity index (χ1) is 10.0. The molecule has 0 saturated carbocycles. The molecular formula is C16H15N3O2. The van der Waals surface area contributed by atoms with Crippen molar-refractivity contribution in [1.82, 2.24) is 0 Å². The monoisotopic (exact) mass is 281 g/mol. The van der Waals surface area contributed by atoms with Crippen molar-refractivity contribution in [2.24, 2.45) is 0 Å². The number of aryl methyl sites for hydroxylation is 2. The lowest BCUT2D eigenvalue weighted by Crippen LogP contribution is -2.03. The van der Waals surface area contributed by atoms with Gasteiger partial charge in [0.15, 0.2) is 0 Å². The number of nitrogens with one attached hydrogen (secondary N) is 1. The summed E-state index contributed by atoms with van der Waals surface area (Å²) in [5.74, 6) is 0. The number of nitro groups is 1. The predicted octanol–water partition coefficient (Wildman–Crippen LogP) is 3.70. The number of hydrogen-bond acceptors (Lipinski definition) is 4. The molecule has 5 nitrogen and oxygen atoms in total. The van der Waals surface area contributed by atoms with Gasteiger partial charge >= 0.3 is 0 Å². The lowest BCUT2D eigenvalue weighted by molar-refractivity contribution is -0.385. The van der Waals surface area contributed by atoms with Crippen molar-refractivity contribution >= 4 is 11.4 Å². The quantitative estimate of drug-likeness (QED) is 0.684. The van der Waals surface area contributed by atoms with E-state index in [-0.39, 0.29) is 10.6 Å². The maximum Gasteiger partial charge on any atom is 0.272 e. The summed E-state index contributed by atoms with van der Waals surface area (Å²) in [6.07, 6.45) is 0. The summed E-state index contributed by atoms with van der Waals surface area (Å²) >= 11 is 0. The van der Waals surface area contributed by atoms with E-state index in [0.29, 0.717) is 17.7 Å². The van der Waals surface area contributed by atoms with Crippen LogP contribution in [0.25, 0.3) is 0 Å². The number of benzene rings is 2. The van der Waals surface area contributed by atoms with Gasteiger partial charge in [-0.15, -0.1) is 0 Å².